The van der Waals surface area contributed by atoms with E-state index in [0.29, 0.717) is 45.3 Å². The number of nitrogens with zero attached hydrogens (tertiary/aromatic N) is 6. The Morgan fingerprint density at radius 3 is 2.64 bits per heavy atom. The summed E-state index contributed by atoms with van der Waals surface area (Å²) in [5.74, 6) is 5.83. The van der Waals surface area contributed by atoms with Crippen LogP contribution in [0.5, 0.6) is 5.75 Å². The first-order valence-electron chi connectivity index (χ1n) is 14.0. The lowest BCUT2D eigenvalue weighted by Gasteiger charge is -2.31. The van der Waals surface area contributed by atoms with Gasteiger partial charge < -0.3 is 25.0 Å². The van der Waals surface area contributed by atoms with Crippen LogP contribution in [-0.4, -0.2) is 87.3 Å². The van der Waals surface area contributed by atoms with Crippen LogP contribution in [0.2, 0.25) is 0 Å². The van der Waals surface area contributed by atoms with Gasteiger partial charge in [-0.1, -0.05) is 18.1 Å². The maximum atomic E-state index is 13.8. The summed E-state index contributed by atoms with van der Waals surface area (Å²) in [6, 6.07) is 6.43. The lowest BCUT2D eigenvalue weighted by Crippen LogP contribution is -2.44. The Hall–Kier alpha value is -4.41. The molecule has 0 bridgehead atoms. The number of carbonyl (C=O) groups excluding carboxylic acids is 2. The highest BCUT2D eigenvalue weighted by Crippen LogP contribution is 2.23. The number of aromatic nitrogens is 4. The van der Waals surface area contributed by atoms with Gasteiger partial charge in [0.15, 0.2) is 23.6 Å². The summed E-state index contributed by atoms with van der Waals surface area (Å²) < 4.78 is 14.9. The molecule has 13 nitrogen and oxygen atoms in total. The van der Waals surface area contributed by atoms with Gasteiger partial charge in [0.2, 0.25) is 5.95 Å². The van der Waals surface area contributed by atoms with E-state index in [2.05, 4.69) is 16.8 Å². The minimum absolute atomic E-state index is 0.0335. The van der Waals surface area contributed by atoms with Crippen LogP contribution in [0, 0.1) is 11.8 Å². The van der Waals surface area contributed by atoms with Crippen molar-refractivity contribution in [3.8, 4) is 17.6 Å². The first kappa shape index (κ1) is 29.1. The van der Waals surface area contributed by atoms with E-state index >= 15 is 0 Å². The number of carbonyl (C=O) groups is 2. The van der Waals surface area contributed by atoms with Crippen LogP contribution in [0.25, 0.3) is 11.2 Å². The fourth-order valence-corrected chi connectivity index (χ4v) is 5.34. The van der Waals surface area contributed by atoms with Crippen LogP contribution in [0.3, 0.4) is 0 Å². The van der Waals surface area contributed by atoms with Crippen molar-refractivity contribution in [2.75, 3.05) is 50.9 Å². The number of aryl methyl sites for hydroxylation is 1. The third kappa shape index (κ3) is 5.81. The highest BCUT2D eigenvalue weighted by atomic mass is 16.5. The molecule has 2 fully saturated rings. The first-order chi connectivity index (χ1) is 20.3. The van der Waals surface area contributed by atoms with Crippen molar-refractivity contribution in [1.82, 2.24) is 23.6 Å². The Morgan fingerprint density at radius 1 is 1.14 bits per heavy atom. The number of ether oxygens (including phenoxy) is 2. The standard InChI is InChI=1S/C29H35N7O6/c1-3-4-12-35-25-26(31-28(35)34-11-7-8-20(30)17-34)32(2)29(40)36(27(25)39)18-22(37)21-9-5-6-10-23(21)42-19-24(38)33-13-15-41-16-14-33/h5-6,9-10,20H,7-8,11-19,30H2,1-2H3. The molecule has 0 saturated carbocycles. The summed E-state index contributed by atoms with van der Waals surface area (Å²) in [6.07, 6.45) is 1.77. The largest absolute Gasteiger partial charge is 0.483 e. The van der Waals surface area contributed by atoms with Gasteiger partial charge in [-0.25, -0.2) is 4.79 Å². The fourth-order valence-electron chi connectivity index (χ4n) is 5.34. The lowest BCUT2D eigenvalue weighted by atomic mass is 10.1. The van der Waals surface area contributed by atoms with Crippen LogP contribution in [0.1, 0.15) is 30.1 Å². The Bertz CT molecular complexity index is 1670. The maximum Gasteiger partial charge on any atom is 0.332 e. The highest BCUT2D eigenvalue weighted by molar-refractivity contribution is 5.98. The zero-order valence-corrected chi connectivity index (χ0v) is 23.9. The van der Waals surface area contributed by atoms with E-state index in [-0.39, 0.29) is 47.6 Å². The molecular formula is C29H35N7O6. The van der Waals surface area contributed by atoms with E-state index in [1.807, 2.05) is 4.90 Å². The van der Waals surface area contributed by atoms with Gasteiger partial charge >= 0.3 is 5.69 Å². The van der Waals surface area contributed by atoms with Crippen molar-refractivity contribution in [2.24, 2.45) is 12.8 Å². The van der Waals surface area contributed by atoms with Crippen molar-refractivity contribution in [2.45, 2.75) is 38.9 Å². The lowest BCUT2D eigenvalue weighted by molar-refractivity contribution is -0.137. The molecular weight excluding hydrogens is 542 g/mol. The molecule has 2 aromatic heterocycles. The molecule has 4 heterocycles. The molecule has 0 aliphatic carbocycles. The topological polar surface area (TPSA) is 147 Å². The number of hydrogen-bond donors (Lipinski definition) is 1. The van der Waals surface area contributed by atoms with Crippen LogP contribution >= 0.6 is 0 Å². The summed E-state index contributed by atoms with van der Waals surface area (Å²) in [5, 5.41) is 0. The van der Waals surface area contributed by atoms with Gasteiger partial charge in [-0.3, -0.25) is 28.1 Å². The van der Waals surface area contributed by atoms with Crippen LogP contribution in [0.4, 0.5) is 5.95 Å². The number of para-hydroxylation sites is 1. The van der Waals surface area contributed by atoms with Gasteiger partial charge in [0.1, 0.15) is 5.75 Å². The normalized spacial score (nSPS) is 17.2. The van der Waals surface area contributed by atoms with Crippen molar-refractivity contribution >= 4 is 28.8 Å². The smallest absolute Gasteiger partial charge is 0.332 e. The van der Waals surface area contributed by atoms with E-state index in [9.17, 15) is 19.2 Å². The molecule has 2 saturated heterocycles. The monoisotopic (exact) mass is 577 g/mol. The molecule has 5 rings (SSSR count). The van der Waals surface area contributed by atoms with E-state index in [4.69, 9.17) is 15.2 Å². The predicted molar refractivity (Wildman–Crippen MR) is 156 cm³/mol. The van der Waals surface area contributed by atoms with Gasteiger partial charge in [0, 0.05) is 39.3 Å². The number of morpholine rings is 1. The number of benzene rings is 1. The van der Waals surface area contributed by atoms with Crippen molar-refractivity contribution < 1.29 is 19.1 Å². The van der Waals surface area contributed by atoms with Gasteiger partial charge in [-0.2, -0.15) is 4.98 Å². The van der Waals surface area contributed by atoms with Crippen LogP contribution in [-0.2, 0) is 29.7 Å². The fraction of sp³-hybridized carbons (Fsp3) is 0.483. The van der Waals surface area contributed by atoms with E-state index in [0.717, 1.165) is 17.4 Å². The quantitative estimate of drug-likeness (QED) is 0.288. The zero-order chi connectivity index (χ0) is 29.8. The Labute approximate surface area is 242 Å². The molecule has 0 radical (unpaired) electrons. The van der Waals surface area contributed by atoms with E-state index < -0.39 is 23.6 Å². The molecule has 42 heavy (non-hydrogen) atoms. The number of imidazole rings is 1. The minimum atomic E-state index is -0.671. The molecule has 2 N–H and O–H groups in total. The number of piperidine rings is 1. The van der Waals surface area contributed by atoms with E-state index in [1.165, 1.54) is 11.6 Å². The second kappa shape index (κ2) is 12.6. The Kier molecular flexibility index (Phi) is 8.75. The van der Waals surface area contributed by atoms with Crippen LogP contribution < -0.4 is 26.6 Å². The van der Waals surface area contributed by atoms with Gasteiger partial charge in [-0.05, 0) is 31.9 Å². The third-order valence-corrected chi connectivity index (χ3v) is 7.57. The molecule has 1 atom stereocenters. The molecule has 1 unspecified atom stereocenters. The summed E-state index contributed by atoms with van der Waals surface area (Å²) in [6.45, 7) is 4.27. The Morgan fingerprint density at radius 2 is 1.90 bits per heavy atom. The number of Topliss-reactive ketones (excluding diaryl/α,β-unsaturated/α-hetero) is 1. The number of anilines is 1. The molecule has 3 aromatic rings. The molecule has 2 aliphatic heterocycles. The second-order valence-electron chi connectivity index (χ2n) is 10.4. The number of ketones is 1. The van der Waals surface area contributed by atoms with Gasteiger partial charge in [0.25, 0.3) is 11.5 Å². The van der Waals surface area contributed by atoms with Crippen LogP contribution in [0.15, 0.2) is 33.9 Å². The molecule has 0 spiro atoms. The minimum Gasteiger partial charge on any atom is -0.483 e. The summed E-state index contributed by atoms with van der Waals surface area (Å²) in [5.41, 5.74) is 5.46. The Balaban J connectivity index is 1.47. The first-order valence-corrected chi connectivity index (χ1v) is 14.0. The van der Waals surface area contributed by atoms with Gasteiger partial charge in [0.05, 0.1) is 31.9 Å². The number of nitrogens with two attached hydrogens (primary N) is 1. The molecule has 13 heteroatoms. The zero-order valence-electron chi connectivity index (χ0n) is 23.9. The highest BCUT2D eigenvalue weighted by Gasteiger charge is 2.27. The number of rotatable bonds is 8. The average Bonchev–Trinajstić information content (AvgIpc) is 3.40. The summed E-state index contributed by atoms with van der Waals surface area (Å²) >= 11 is 0. The SMILES string of the molecule is CC#CCn1c(N2CCCC(N)C2)nc2c1c(=O)n(CC(=O)c1ccccc1OCC(=O)N1CCOCC1)c(=O)n2C. The number of hydrogen-bond acceptors (Lipinski definition) is 9. The number of fused-ring (bicyclic) bond motifs is 1. The van der Waals surface area contributed by atoms with Gasteiger partial charge in [-0.15, -0.1) is 5.92 Å². The predicted octanol–water partition coefficient (Wildman–Crippen LogP) is -0.0320. The van der Waals surface area contributed by atoms with Crippen molar-refractivity contribution in [3.05, 3.63) is 50.7 Å². The van der Waals surface area contributed by atoms with E-state index in [1.54, 1.807) is 40.7 Å². The third-order valence-electron chi connectivity index (χ3n) is 7.57. The number of amides is 1. The average molecular weight is 578 g/mol. The molecule has 1 amide bonds. The maximum absolute atomic E-state index is 13.8. The van der Waals surface area contributed by atoms with Crippen molar-refractivity contribution in [1.29, 1.82) is 0 Å². The summed E-state index contributed by atoms with van der Waals surface area (Å²) in [4.78, 5) is 61.6. The van der Waals surface area contributed by atoms with Crippen molar-refractivity contribution in [3.63, 3.8) is 0 Å². The molecule has 2 aliphatic rings. The summed E-state index contributed by atoms with van der Waals surface area (Å²) in [7, 11) is 1.52. The second-order valence-corrected chi connectivity index (χ2v) is 10.4. The molecule has 222 valence electrons. The molecule has 1 aromatic carbocycles.